The van der Waals surface area contributed by atoms with Crippen molar-refractivity contribution in [2.24, 2.45) is 0 Å². The minimum atomic E-state index is 0.0229. The van der Waals surface area contributed by atoms with Gasteiger partial charge in [0.05, 0.1) is 12.0 Å². The van der Waals surface area contributed by atoms with Crippen molar-refractivity contribution in [3.63, 3.8) is 0 Å². The number of nitrogens with zero attached hydrogens (tertiary/aromatic N) is 2. The van der Waals surface area contributed by atoms with Crippen molar-refractivity contribution in [1.82, 2.24) is 9.80 Å². The van der Waals surface area contributed by atoms with E-state index in [0.717, 1.165) is 44.5 Å². The number of hydrogen-bond donors (Lipinski definition) is 0. The molecule has 3 aliphatic heterocycles. The molecule has 0 N–H and O–H groups in total. The molecule has 1 amide bonds. The van der Waals surface area contributed by atoms with Crippen LogP contribution in [0.1, 0.15) is 44.1 Å². The Labute approximate surface area is 151 Å². The second kappa shape index (κ2) is 7.46. The van der Waals surface area contributed by atoms with E-state index in [4.69, 9.17) is 4.74 Å². The van der Waals surface area contributed by atoms with Crippen molar-refractivity contribution in [2.75, 3.05) is 32.8 Å². The molecule has 0 aromatic heterocycles. The van der Waals surface area contributed by atoms with Gasteiger partial charge in [-0.25, -0.2) is 0 Å². The van der Waals surface area contributed by atoms with Crippen LogP contribution in [0, 0.1) is 0 Å². The van der Waals surface area contributed by atoms with Crippen LogP contribution < -0.4 is 0 Å². The minimum absolute atomic E-state index is 0.0229. The third-order valence-corrected chi connectivity index (χ3v) is 6.35. The van der Waals surface area contributed by atoms with Gasteiger partial charge in [-0.15, -0.1) is 0 Å². The Kier molecular flexibility index (Phi) is 5.09. The van der Waals surface area contributed by atoms with Crippen molar-refractivity contribution in [2.45, 2.75) is 56.6 Å². The fourth-order valence-corrected chi connectivity index (χ4v) is 4.81. The van der Waals surface area contributed by atoms with E-state index >= 15 is 0 Å². The van der Waals surface area contributed by atoms with Gasteiger partial charge in [-0.2, -0.15) is 0 Å². The fourth-order valence-electron chi connectivity index (χ4n) is 4.81. The Morgan fingerprint density at radius 2 is 1.80 bits per heavy atom. The van der Waals surface area contributed by atoms with E-state index in [-0.39, 0.29) is 11.5 Å². The van der Waals surface area contributed by atoms with Crippen LogP contribution in [0.4, 0.5) is 0 Å². The number of amides is 1. The van der Waals surface area contributed by atoms with Gasteiger partial charge in [0, 0.05) is 25.7 Å². The van der Waals surface area contributed by atoms with E-state index in [9.17, 15) is 4.79 Å². The third kappa shape index (κ3) is 3.90. The second-order valence-corrected chi connectivity index (χ2v) is 7.96. The predicted molar refractivity (Wildman–Crippen MR) is 98.5 cm³/mol. The van der Waals surface area contributed by atoms with E-state index in [1.807, 2.05) is 35.2 Å². The van der Waals surface area contributed by atoms with Crippen molar-refractivity contribution < 1.29 is 9.53 Å². The lowest BCUT2D eigenvalue weighted by molar-refractivity contribution is -0.148. The number of carbonyl (C=O) groups excluding carboxylic acids is 1. The van der Waals surface area contributed by atoms with Gasteiger partial charge < -0.3 is 14.5 Å². The quantitative estimate of drug-likeness (QED) is 0.847. The lowest BCUT2D eigenvalue weighted by atomic mass is 9.81. The number of carbonyl (C=O) groups is 1. The van der Waals surface area contributed by atoms with Gasteiger partial charge in [0.2, 0.25) is 5.91 Å². The summed E-state index contributed by atoms with van der Waals surface area (Å²) < 4.78 is 6.28. The molecule has 1 aromatic carbocycles. The summed E-state index contributed by atoms with van der Waals surface area (Å²) in [5.74, 6) is 0.257. The maximum Gasteiger partial charge on any atom is 0.226 e. The first-order valence-corrected chi connectivity index (χ1v) is 9.94. The lowest BCUT2D eigenvalue weighted by Gasteiger charge is -2.48. The van der Waals surface area contributed by atoms with Gasteiger partial charge in [0.25, 0.3) is 0 Å². The molecule has 25 heavy (non-hydrogen) atoms. The number of hydrogen-bond acceptors (Lipinski definition) is 3. The highest BCUT2D eigenvalue weighted by molar-refractivity contribution is 5.78. The highest BCUT2D eigenvalue weighted by Crippen LogP contribution is 2.37. The van der Waals surface area contributed by atoms with E-state index < -0.39 is 0 Å². The van der Waals surface area contributed by atoms with Crippen molar-refractivity contribution in [3.05, 3.63) is 35.9 Å². The zero-order chi connectivity index (χ0) is 17.1. The monoisotopic (exact) mass is 342 g/mol. The summed E-state index contributed by atoms with van der Waals surface area (Å²) in [6.45, 7) is 5.11. The molecule has 0 bridgehead atoms. The molecule has 0 aliphatic carbocycles. The number of likely N-dealkylation sites (tertiary alicyclic amines) is 2. The molecular weight excluding hydrogens is 312 g/mol. The summed E-state index contributed by atoms with van der Waals surface area (Å²) in [5, 5.41) is 0. The summed E-state index contributed by atoms with van der Waals surface area (Å²) in [4.78, 5) is 17.3. The number of piperidine rings is 1. The Morgan fingerprint density at radius 3 is 2.52 bits per heavy atom. The molecule has 0 saturated carbocycles. The molecule has 3 fully saturated rings. The molecule has 1 spiro atoms. The van der Waals surface area contributed by atoms with E-state index in [1.54, 1.807) is 0 Å². The van der Waals surface area contributed by atoms with Gasteiger partial charge in [-0.05, 0) is 57.2 Å². The first kappa shape index (κ1) is 17.0. The SMILES string of the molecule is O=C(Cc1ccccc1)N1CCC2(CC1)CC(N1CCCC1)CCO2. The van der Waals surface area contributed by atoms with Crippen LogP contribution >= 0.6 is 0 Å². The van der Waals surface area contributed by atoms with Crippen molar-refractivity contribution >= 4 is 5.91 Å². The summed E-state index contributed by atoms with van der Waals surface area (Å²) >= 11 is 0. The van der Waals surface area contributed by atoms with Crippen LogP contribution in [0.25, 0.3) is 0 Å². The number of ether oxygens (including phenoxy) is 1. The minimum Gasteiger partial charge on any atom is -0.375 e. The molecule has 136 valence electrons. The Morgan fingerprint density at radius 1 is 1.08 bits per heavy atom. The molecule has 4 nitrogen and oxygen atoms in total. The van der Waals surface area contributed by atoms with Gasteiger partial charge in [-0.3, -0.25) is 4.79 Å². The fraction of sp³-hybridized carbons (Fsp3) is 0.667. The van der Waals surface area contributed by atoms with Crippen molar-refractivity contribution in [1.29, 1.82) is 0 Å². The van der Waals surface area contributed by atoms with Gasteiger partial charge in [0.15, 0.2) is 0 Å². The number of rotatable bonds is 3. The smallest absolute Gasteiger partial charge is 0.226 e. The average Bonchev–Trinajstić information content (AvgIpc) is 3.18. The Balaban J connectivity index is 1.32. The standard InChI is InChI=1S/C21H30N2O2/c24-20(16-18-6-2-1-3-7-18)23-13-9-21(10-14-23)17-19(8-15-25-21)22-11-4-5-12-22/h1-3,6-7,19H,4-5,8-17H2. The largest absolute Gasteiger partial charge is 0.375 e. The molecule has 3 saturated heterocycles. The van der Waals surface area contributed by atoms with Crippen LogP contribution in [0.5, 0.6) is 0 Å². The average molecular weight is 342 g/mol. The highest BCUT2D eigenvalue weighted by Gasteiger charge is 2.42. The molecule has 4 rings (SSSR count). The first-order chi connectivity index (χ1) is 12.2. The molecule has 4 heteroatoms. The Hall–Kier alpha value is -1.39. The number of benzene rings is 1. The molecule has 0 radical (unpaired) electrons. The van der Waals surface area contributed by atoms with Crippen LogP contribution in [0.15, 0.2) is 30.3 Å². The highest BCUT2D eigenvalue weighted by atomic mass is 16.5. The topological polar surface area (TPSA) is 32.8 Å². The molecule has 1 unspecified atom stereocenters. The van der Waals surface area contributed by atoms with Crippen LogP contribution in [-0.2, 0) is 16.0 Å². The van der Waals surface area contributed by atoms with Crippen LogP contribution in [0.2, 0.25) is 0 Å². The predicted octanol–water partition coefficient (Wildman–Crippen LogP) is 2.87. The molecule has 1 atom stereocenters. The zero-order valence-corrected chi connectivity index (χ0v) is 15.2. The van der Waals surface area contributed by atoms with E-state index in [0.29, 0.717) is 12.5 Å². The maximum atomic E-state index is 12.6. The summed E-state index contributed by atoms with van der Waals surface area (Å²) in [6.07, 6.45) is 7.56. The van der Waals surface area contributed by atoms with Gasteiger partial charge in [0.1, 0.15) is 0 Å². The normalized spacial score (nSPS) is 26.9. The van der Waals surface area contributed by atoms with Crippen LogP contribution in [0.3, 0.4) is 0 Å². The van der Waals surface area contributed by atoms with E-state index in [1.165, 1.54) is 32.4 Å². The third-order valence-electron chi connectivity index (χ3n) is 6.35. The molecule has 1 aromatic rings. The maximum absolute atomic E-state index is 12.6. The summed E-state index contributed by atoms with van der Waals surface area (Å²) in [5.41, 5.74) is 1.13. The Bertz CT molecular complexity index is 575. The molecular formula is C21H30N2O2. The molecule has 3 aliphatic rings. The first-order valence-electron chi connectivity index (χ1n) is 9.94. The van der Waals surface area contributed by atoms with E-state index in [2.05, 4.69) is 4.90 Å². The summed E-state index contributed by atoms with van der Waals surface area (Å²) in [6, 6.07) is 10.8. The van der Waals surface area contributed by atoms with Crippen LogP contribution in [-0.4, -0.2) is 60.1 Å². The second-order valence-electron chi connectivity index (χ2n) is 7.96. The lowest BCUT2D eigenvalue weighted by Crippen LogP contribution is -2.54. The van der Waals surface area contributed by atoms with Crippen molar-refractivity contribution in [3.8, 4) is 0 Å². The van der Waals surface area contributed by atoms with Gasteiger partial charge >= 0.3 is 0 Å². The molecule has 3 heterocycles. The van der Waals surface area contributed by atoms with Gasteiger partial charge in [-0.1, -0.05) is 30.3 Å². The summed E-state index contributed by atoms with van der Waals surface area (Å²) in [7, 11) is 0. The zero-order valence-electron chi connectivity index (χ0n) is 15.2.